The molecule has 1 N–H and O–H groups in total. The van der Waals surface area contributed by atoms with Crippen LogP contribution in [0.5, 0.6) is 0 Å². The molecule has 4 rings (SSSR count). The largest absolute Gasteiger partial charge is 0.322 e. The van der Waals surface area contributed by atoms with Crippen LogP contribution in [0.1, 0.15) is 29.5 Å². The molecular weight excluding hydrogens is 337 g/mol. The SMILES string of the molecule is Cc1ccc(NC(=O)N2CCCC2c2nc3ccccc3s2)c(F)c1. The number of para-hydroxylation sites is 1. The van der Waals surface area contributed by atoms with Crippen LogP contribution in [-0.4, -0.2) is 22.5 Å². The molecule has 1 saturated heterocycles. The van der Waals surface area contributed by atoms with Crippen molar-refractivity contribution in [3.05, 3.63) is 58.9 Å². The van der Waals surface area contributed by atoms with E-state index >= 15 is 0 Å². The van der Waals surface area contributed by atoms with Gasteiger partial charge in [-0.3, -0.25) is 0 Å². The van der Waals surface area contributed by atoms with E-state index < -0.39 is 5.82 Å². The van der Waals surface area contributed by atoms with E-state index in [-0.39, 0.29) is 17.8 Å². The first-order chi connectivity index (χ1) is 12.1. The van der Waals surface area contributed by atoms with Crippen LogP contribution in [0.4, 0.5) is 14.9 Å². The number of likely N-dealkylation sites (tertiary alicyclic amines) is 1. The standard InChI is InChI=1S/C19H18FN3OS/c1-12-8-9-14(13(20)11-12)22-19(24)23-10-4-6-16(23)18-21-15-5-2-3-7-17(15)25-18/h2-3,5,7-9,11,16H,4,6,10H2,1H3,(H,22,24). The fourth-order valence-electron chi connectivity index (χ4n) is 3.21. The molecule has 128 valence electrons. The lowest BCUT2D eigenvalue weighted by Crippen LogP contribution is -2.34. The number of thiazole rings is 1. The van der Waals surface area contributed by atoms with Crippen molar-refractivity contribution in [2.24, 2.45) is 0 Å². The molecule has 0 spiro atoms. The third kappa shape index (κ3) is 3.09. The Bertz CT molecular complexity index is 906. The van der Waals surface area contributed by atoms with Gasteiger partial charge in [0.05, 0.1) is 21.9 Å². The molecular formula is C19H18FN3OS. The van der Waals surface area contributed by atoms with Gasteiger partial charge in [0, 0.05) is 6.54 Å². The van der Waals surface area contributed by atoms with Crippen LogP contribution in [0.2, 0.25) is 0 Å². The molecule has 1 fully saturated rings. The van der Waals surface area contributed by atoms with E-state index in [1.807, 2.05) is 31.2 Å². The Morgan fingerprint density at radius 2 is 2.16 bits per heavy atom. The zero-order valence-electron chi connectivity index (χ0n) is 13.8. The van der Waals surface area contributed by atoms with Gasteiger partial charge >= 0.3 is 6.03 Å². The number of anilines is 1. The van der Waals surface area contributed by atoms with Gasteiger partial charge in [0.25, 0.3) is 0 Å². The molecule has 4 nitrogen and oxygen atoms in total. The van der Waals surface area contributed by atoms with Crippen molar-refractivity contribution in [3.63, 3.8) is 0 Å². The van der Waals surface area contributed by atoms with Crippen molar-refractivity contribution >= 4 is 33.3 Å². The van der Waals surface area contributed by atoms with E-state index in [4.69, 9.17) is 0 Å². The molecule has 0 saturated carbocycles. The Labute approximate surface area is 149 Å². The summed E-state index contributed by atoms with van der Waals surface area (Å²) in [7, 11) is 0. The highest BCUT2D eigenvalue weighted by Crippen LogP contribution is 2.36. The summed E-state index contributed by atoms with van der Waals surface area (Å²) in [6.07, 6.45) is 1.80. The topological polar surface area (TPSA) is 45.2 Å². The maximum Gasteiger partial charge on any atom is 0.322 e. The van der Waals surface area contributed by atoms with Crippen molar-refractivity contribution in [2.75, 3.05) is 11.9 Å². The number of carbonyl (C=O) groups is 1. The number of nitrogens with one attached hydrogen (secondary N) is 1. The van der Waals surface area contributed by atoms with Crippen molar-refractivity contribution in [3.8, 4) is 0 Å². The molecule has 1 atom stereocenters. The third-order valence-corrected chi connectivity index (χ3v) is 5.61. The van der Waals surface area contributed by atoms with Crippen LogP contribution in [0.15, 0.2) is 42.5 Å². The number of hydrogen-bond donors (Lipinski definition) is 1. The second-order valence-corrected chi connectivity index (χ2v) is 7.35. The van der Waals surface area contributed by atoms with Gasteiger partial charge in [-0.25, -0.2) is 14.2 Å². The summed E-state index contributed by atoms with van der Waals surface area (Å²) in [5, 5.41) is 3.64. The quantitative estimate of drug-likeness (QED) is 0.694. The van der Waals surface area contributed by atoms with Gasteiger partial charge in [0.2, 0.25) is 0 Å². The summed E-state index contributed by atoms with van der Waals surface area (Å²) in [4.78, 5) is 19.1. The molecule has 0 bridgehead atoms. The zero-order chi connectivity index (χ0) is 17.4. The maximum absolute atomic E-state index is 14.0. The first-order valence-electron chi connectivity index (χ1n) is 8.31. The van der Waals surface area contributed by atoms with Crippen LogP contribution in [0.3, 0.4) is 0 Å². The lowest BCUT2D eigenvalue weighted by molar-refractivity contribution is 0.207. The number of urea groups is 1. The average Bonchev–Trinajstić information content (AvgIpc) is 3.23. The summed E-state index contributed by atoms with van der Waals surface area (Å²) in [6.45, 7) is 2.47. The maximum atomic E-state index is 14.0. The number of nitrogens with zero attached hydrogens (tertiary/aromatic N) is 2. The minimum atomic E-state index is -0.413. The Balaban J connectivity index is 1.57. The number of fused-ring (bicyclic) bond motifs is 1. The summed E-state index contributed by atoms with van der Waals surface area (Å²) in [5.41, 5.74) is 1.99. The molecule has 0 aliphatic carbocycles. The second-order valence-electron chi connectivity index (χ2n) is 6.28. The minimum Gasteiger partial charge on any atom is -0.315 e. The van der Waals surface area contributed by atoms with Gasteiger partial charge in [-0.15, -0.1) is 11.3 Å². The van der Waals surface area contributed by atoms with E-state index in [0.29, 0.717) is 6.54 Å². The molecule has 1 aromatic heterocycles. The summed E-state index contributed by atoms with van der Waals surface area (Å²) in [6, 6.07) is 12.5. The molecule has 2 heterocycles. The highest BCUT2D eigenvalue weighted by Gasteiger charge is 2.32. The molecule has 1 aliphatic rings. The predicted octanol–water partition coefficient (Wildman–Crippen LogP) is 5.11. The first-order valence-corrected chi connectivity index (χ1v) is 9.13. The van der Waals surface area contributed by atoms with Crippen molar-refractivity contribution < 1.29 is 9.18 Å². The van der Waals surface area contributed by atoms with Crippen LogP contribution >= 0.6 is 11.3 Å². The lowest BCUT2D eigenvalue weighted by Gasteiger charge is -2.23. The minimum absolute atomic E-state index is 0.0501. The van der Waals surface area contributed by atoms with Crippen LogP contribution < -0.4 is 5.32 Å². The van der Waals surface area contributed by atoms with Crippen LogP contribution in [0, 0.1) is 12.7 Å². The van der Waals surface area contributed by atoms with Crippen molar-refractivity contribution in [1.82, 2.24) is 9.88 Å². The first kappa shape index (κ1) is 16.0. The number of halogens is 1. The zero-order valence-corrected chi connectivity index (χ0v) is 14.6. The highest BCUT2D eigenvalue weighted by molar-refractivity contribution is 7.18. The number of aryl methyl sites for hydroxylation is 1. The fourth-order valence-corrected chi connectivity index (χ4v) is 4.32. The second kappa shape index (κ2) is 6.44. The molecule has 6 heteroatoms. The van der Waals surface area contributed by atoms with Gasteiger partial charge in [-0.2, -0.15) is 0 Å². The highest BCUT2D eigenvalue weighted by atomic mass is 32.1. The molecule has 3 aromatic rings. The molecule has 2 amide bonds. The fraction of sp³-hybridized carbons (Fsp3) is 0.263. The molecule has 2 aromatic carbocycles. The van der Waals surface area contributed by atoms with Gasteiger partial charge in [0.15, 0.2) is 0 Å². The van der Waals surface area contributed by atoms with E-state index in [9.17, 15) is 9.18 Å². The predicted molar refractivity (Wildman–Crippen MR) is 98.5 cm³/mol. The Morgan fingerprint density at radius 3 is 2.96 bits per heavy atom. The monoisotopic (exact) mass is 355 g/mol. The van der Waals surface area contributed by atoms with E-state index in [1.165, 1.54) is 6.07 Å². The third-order valence-electron chi connectivity index (χ3n) is 4.48. The Morgan fingerprint density at radius 1 is 1.32 bits per heavy atom. The summed E-state index contributed by atoms with van der Waals surface area (Å²) >= 11 is 1.62. The van der Waals surface area contributed by atoms with Crippen LogP contribution in [0.25, 0.3) is 10.2 Å². The summed E-state index contributed by atoms with van der Waals surface area (Å²) in [5.74, 6) is -0.413. The number of benzene rings is 2. The smallest absolute Gasteiger partial charge is 0.315 e. The number of amides is 2. The number of rotatable bonds is 2. The van der Waals surface area contributed by atoms with E-state index in [1.54, 1.807) is 28.4 Å². The van der Waals surface area contributed by atoms with Gasteiger partial charge in [-0.1, -0.05) is 18.2 Å². The normalized spacial score (nSPS) is 17.2. The molecule has 0 radical (unpaired) electrons. The number of hydrogen-bond acceptors (Lipinski definition) is 3. The van der Waals surface area contributed by atoms with Gasteiger partial charge < -0.3 is 10.2 Å². The summed E-state index contributed by atoms with van der Waals surface area (Å²) < 4.78 is 15.1. The van der Waals surface area contributed by atoms with Gasteiger partial charge in [-0.05, 0) is 49.6 Å². The van der Waals surface area contributed by atoms with Crippen molar-refractivity contribution in [2.45, 2.75) is 25.8 Å². The molecule has 1 aliphatic heterocycles. The molecule has 1 unspecified atom stereocenters. The van der Waals surface area contributed by atoms with E-state index in [0.717, 1.165) is 33.6 Å². The number of aromatic nitrogens is 1. The van der Waals surface area contributed by atoms with Gasteiger partial charge in [0.1, 0.15) is 10.8 Å². The average molecular weight is 355 g/mol. The number of carbonyl (C=O) groups excluding carboxylic acids is 1. The Kier molecular flexibility index (Phi) is 4.13. The van der Waals surface area contributed by atoms with Crippen molar-refractivity contribution in [1.29, 1.82) is 0 Å². The van der Waals surface area contributed by atoms with Crippen LogP contribution in [-0.2, 0) is 0 Å². The lowest BCUT2D eigenvalue weighted by atomic mass is 10.2. The Hall–Kier alpha value is -2.47. The molecule has 25 heavy (non-hydrogen) atoms. The van der Waals surface area contributed by atoms with E-state index in [2.05, 4.69) is 10.3 Å².